The fraction of sp³-hybridized carbons (Fsp3) is 0.286. The summed E-state index contributed by atoms with van der Waals surface area (Å²) in [7, 11) is 0. The first-order valence-electron chi connectivity index (χ1n) is 9.15. The van der Waals surface area contributed by atoms with Crippen LogP contribution in [0.25, 0.3) is 10.7 Å². The summed E-state index contributed by atoms with van der Waals surface area (Å²) in [5.41, 5.74) is 4.96. The molecular weight excluding hydrogens is 438 g/mol. The number of hydrogen-bond acceptors (Lipinski definition) is 5. The Balaban J connectivity index is 1.98. The van der Waals surface area contributed by atoms with Gasteiger partial charge in [0.1, 0.15) is 5.82 Å². The zero-order valence-corrected chi connectivity index (χ0v) is 18.4. The lowest BCUT2D eigenvalue weighted by Crippen LogP contribution is -2.07. The second kappa shape index (κ2) is 8.84. The van der Waals surface area contributed by atoms with Crippen LogP contribution < -0.4 is 5.32 Å². The number of anilines is 2. The lowest BCUT2D eigenvalue weighted by molar-refractivity contribution is -0.136. The molecule has 146 valence electrons. The average Bonchev–Trinajstić information content (AvgIpc) is 3.01. The minimum Gasteiger partial charge on any atom is -0.481 e. The first kappa shape index (κ1) is 20.5. The number of benzene rings is 1. The molecule has 5 nitrogen and oxygen atoms in total. The molecular formula is C21H22BrN3O2S. The number of carbonyl (C=O) groups is 1. The monoisotopic (exact) mass is 459 g/mol. The van der Waals surface area contributed by atoms with Crippen LogP contribution in [0, 0.1) is 6.92 Å². The molecule has 3 rings (SSSR count). The maximum atomic E-state index is 10.9. The van der Waals surface area contributed by atoms with Crippen LogP contribution in [0.15, 0.2) is 34.1 Å². The van der Waals surface area contributed by atoms with Crippen LogP contribution in [0.2, 0.25) is 0 Å². The molecule has 28 heavy (non-hydrogen) atoms. The van der Waals surface area contributed by atoms with E-state index in [0.29, 0.717) is 0 Å². The molecule has 0 amide bonds. The summed E-state index contributed by atoms with van der Waals surface area (Å²) in [6.45, 7) is 6.26. The van der Waals surface area contributed by atoms with E-state index in [1.54, 1.807) is 11.3 Å². The summed E-state index contributed by atoms with van der Waals surface area (Å²) in [4.78, 5) is 21.5. The van der Waals surface area contributed by atoms with Crippen LogP contribution in [0.4, 0.5) is 11.5 Å². The Hall–Kier alpha value is -2.25. The van der Waals surface area contributed by atoms with Crippen LogP contribution in [-0.4, -0.2) is 21.0 Å². The van der Waals surface area contributed by atoms with E-state index in [1.807, 2.05) is 24.3 Å². The van der Waals surface area contributed by atoms with Gasteiger partial charge in [0, 0.05) is 16.9 Å². The van der Waals surface area contributed by atoms with Crippen molar-refractivity contribution in [1.29, 1.82) is 0 Å². The van der Waals surface area contributed by atoms with Crippen molar-refractivity contribution in [2.24, 2.45) is 0 Å². The summed E-state index contributed by atoms with van der Waals surface area (Å²) in [6, 6.07) is 9.52. The number of carboxylic acids is 1. The predicted molar refractivity (Wildman–Crippen MR) is 118 cm³/mol. The first-order valence-corrected chi connectivity index (χ1v) is 10.8. The van der Waals surface area contributed by atoms with Crippen molar-refractivity contribution in [3.63, 3.8) is 0 Å². The van der Waals surface area contributed by atoms with Crippen LogP contribution in [0.1, 0.15) is 36.2 Å². The molecule has 0 atom stereocenters. The number of nitrogens with one attached hydrogen (secondary N) is 1. The van der Waals surface area contributed by atoms with Gasteiger partial charge in [-0.3, -0.25) is 4.79 Å². The molecule has 0 bridgehead atoms. The van der Waals surface area contributed by atoms with Crippen LogP contribution in [0.5, 0.6) is 0 Å². The minimum absolute atomic E-state index is 0.0186. The number of rotatable bonds is 7. The van der Waals surface area contributed by atoms with Crippen molar-refractivity contribution in [2.75, 3.05) is 5.32 Å². The second-order valence-electron chi connectivity index (χ2n) is 6.49. The van der Waals surface area contributed by atoms with E-state index in [9.17, 15) is 4.79 Å². The van der Waals surface area contributed by atoms with Crippen molar-refractivity contribution < 1.29 is 9.90 Å². The molecule has 0 saturated carbocycles. The summed E-state index contributed by atoms with van der Waals surface area (Å²) in [6.07, 6.45) is 1.68. The van der Waals surface area contributed by atoms with E-state index in [4.69, 9.17) is 15.1 Å². The summed E-state index contributed by atoms with van der Waals surface area (Å²) < 4.78 is 1.09. The summed E-state index contributed by atoms with van der Waals surface area (Å²) in [5.74, 6) is 0.690. The number of aryl methyl sites for hydroxylation is 2. The molecule has 0 spiro atoms. The molecule has 2 aromatic heterocycles. The number of nitrogens with zero attached hydrogens (tertiary/aromatic N) is 2. The zero-order valence-electron chi connectivity index (χ0n) is 16.0. The van der Waals surface area contributed by atoms with Gasteiger partial charge >= 0.3 is 5.97 Å². The Morgan fingerprint density at radius 3 is 2.43 bits per heavy atom. The predicted octanol–water partition coefficient (Wildman–Crippen LogP) is 5.77. The van der Waals surface area contributed by atoms with Gasteiger partial charge in [0.05, 0.1) is 15.1 Å². The van der Waals surface area contributed by atoms with Crippen molar-refractivity contribution in [1.82, 2.24) is 9.97 Å². The SMILES string of the molecule is CCc1nc(-c2cc(C)c(Br)s2)nc(Nc2ccc(CC(=O)O)cc2)c1CC. The van der Waals surface area contributed by atoms with E-state index in [0.717, 1.165) is 55.7 Å². The maximum absolute atomic E-state index is 10.9. The Kier molecular flexibility index (Phi) is 6.46. The number of halogens is 1. The highest BCUT2D eigenvalue weighted by Crippen LogP contribution is 2.35. The fourth-order valence-electron chi connectivity index (χ4n) is 3.00. The smallest absolute Gasteiger partial charge is 0.307 e. The normalized spacial score (nSPS) is 10.9. The molecule has 0 aliphatic carbocycles. The largest absolute Gasteiger partial charge is 0.481 e. The average molecular weight is 460 g/mol. The highest BCUT2D eigenvalue weighted by atomic mass is 79.9. The van der Waals surface area contributed by atoms with E-state index in [1.165, 1.54) is 5.56 Å². The number of hydrogen-bond donors (Lipinski definition) is 2. The molecule has 0 fully saturated rings. The van der Waals surface area contributed by atoms with Crippen molar-refractivity contribution in [2.45, 2.75) is 40.0 Å². The molecule has 1 aromatic carbocycles. The Labute approximate surface area is 177 Å². The van der Waals surface area contributed by atoms with Gasteiger partial charge in [0.25, 0.3) is 0 Å². The summed E-state index contributed by atoms with van der Waals surface area (Å²) in [5, 5.41) is 12.3. The molecule has 0 aliphatic heterocycles. The number of carboxylic acid groups (broad SMARTS) is 1. The molecule has 0 aliphatic rings. The number of thiophene rings is 1. The molecule has 0 radical (unpaired) electrons. The molecule has 7 heteroatoms. The van der Waals surface area contributed by atoms with Gasteiger partial charge in [0.15, 0.2) is 5.82 Å². The molecule has 0 saturated heterocycles. The third kappa shape index (κ3) is 4.59. The van der Waals surface area contributed by atoms with Crippen LogP contribution in [-0.2, 0) is 24.1 Å². The van der Waals surface area contributed by atoms with E-state index < -0.39 is 5.97 Å². The zero-order chi connectivity index (χ0) is 20.3. The first-order chi connectivity index (χ1) is 13.4. The van der Waals surface area contributed by atoms with Gasteiger partial charge in [-0.05, 0) is 65.0 Å². The van der Waals surface area contributed by atoms with Gasteiger partial charge in [-0.2, -0.15) is 0 Å². The van der Waals surface area contributed by atoms with Crippen molar-refractivity contribution in [3.8, 4) is 10.7 Å². The highest BCUT2D eigenvalue weighted by Gasteiger charge is 2.16. The van der Waals surface area contributed by atoms with Crippen molar-refractivity contribution in [3.05, 3.63) is 56.5 Å². The molecule has 0 unspecified atom stereocenters. The third-order valence-corrected chi connectivity index (χ3v) is 6.56. The van der Waals surface area contributed by atoms with Gasteiger partial charge in [-0.25, -0.2) is 9.97 Å². The third-order valence-electron chi connectivity index (χ3n) is 4.43. The van der Waals surface area contributed by atoms with E-state index >= 15 is 0 Å². The Bertz CT molecular complexity index is 980. The number of aromatic nitrogens is 2. The van der Waals surface area contributed by atoms with E-state index in [2.05, 4.69) is 48.1 Å². The molecule has 2 heterocycles. The van der Waals surface area contributed by atoms with Crippen molar-refractivity contribution >= 4 is 44.7 Å². The van der Waals surface area contributed by atoms with Crippen LogP contribution in [0.3, 0.4) is 0 Å². The molecule has 2 N–H and O–H groups in total. The number of aliphatic carboxylic acids is 1. The second-order valence-corrected chi connectivity index (χ2v) is 8.86. The minimum atomic E-state index is -0.834. The molecule has 3 aromatic rings. The standard InChI is InChI=1S/C21H22BrN3O2S/c1-4-15-16(5-2)24-21(17-10-12(3)19(22)28-17)25-20(15)23-14-8-6-13(7-9-14)11-18(26)27/h6-10H,4-5,11H2,1-3H3,(H,26,27)(H,23,24,25). The van der Waals surface area contributed by atoms with Gasteiger partial charge in [-0.15, -0.1) is 11.3 Å². The Morgan fingerprint density at radius 2 is 1.89 bits per heavy atom. The topological polar surface area (TPSA) is 75.1 Å². The van der Waals surface area contributed by atoms with Gasteiger partial charge < -0.3 is 10.4 Å². The van der Waals surface area contributed by atoms with Gasteiger partial charge in [-0.1, -0.05) is 26.0 Å². The fourth-order valence-corrected chi connectivity index (χ4v) is 4.46. The van der Waals surface area contributed by atoms with Gasteiger partial charge in [0.2, 0.25) is 0 Å². The lowest BCUT2D eigenvalue weighted by atomic mass is 10.1. The lowest BCUT2D eigenvalue weighted by Gasteiger charge is -2.15. The van der Waals surface area contributed by atoms with E-state index in [-0.39, 0.29) is 6.42 Å². The summed E-state index contributed by atoms with van der Waals surface area (Å²) >= 11 is 5.21. The maximum Gasteiger partial charge on any atom is 0.307 e. The Morgan fingerprint density at radius 1 is 1.18 bits per heavy atom. The highest BCUT2D eigenvalue weighted by molar-refractivity contribution is 9.11. The quantitative estimate of drug-likeness (QED) is 0.468. The van der Waals surface area contributed by atoms with Crippen LogP contribution >= 0.6 is 27.3 Å².